The van der Waals surface area contributed by atoms with Gasteiger partial charge in [-0.1, -0.05) is 60.1 Å². The predicted octanol–water partition coefficient (Wildman–Crippen LogP) is 7.21. The Kier molecular flexibility index (Phi) is 7.57. The molecule has 0 saturated heterocycles. The van der Waals surface area contributed by atoms with Crippen molar-refractivity contribution in [2.45, 2.75) is 12.8 Å². The number of fused-ring (bicyclic) bond motifs is 1. The zero-order chi connectivity index (χ0) is 28.3. The minimum Gasteiger partial charge on any atom is -0.493 e. The fourth-order valence-corrected chi connectivity index (χ4v) is 4.28. The van der Waals surface area contributed by atoms with Gasteiger partial charge in [0.1, 0.15) is 6.61 Å². The second-order valence-electron chi connectivity index (χ2n) is 8.65. The molecule has 1 heterocycles. The first-order chi connectivity index (χ1) is 19.3. The second-order valence-corrected chi connectivity index (χ2v) is 9.06. The molecule has 5 aromatic rings. The zero-order valence-corrected chi connectivity index (χ0v) is 21.8. The highest BCUT2D eigenvalue weighted by Gasteiger charge is 2.31. The number of nitrogens with zero attached hydrogens (tertiary/aromatic N) is 3. The van der Waals surface area contributed by atoms with Crippen molar-refractivity contribution in [2.24, 2.45) is 5.10 Å². The molecule has 10 heteroatoms. The lowest BCUT2D eigenvalue weighted by atomic mass is 10.1. The normalized spacial score (nSPS) is 11.7. The number of halogens is 4. The number of para-hydroxylation sites is 2. The van der Waals surface area contributed by atoms with Crippen LogP contribution < -0.4 is 15.0 Å². The van der Waals surface area contributed by atoms with Gasteiger partial charge in [0.2, 0.25) is 0 Å². The van der Waals surface area contributed by atoms with Gasteiger partial charge in [-0.15, -0.1) is 0 Å². The van der Waals surface area contributed by atoms with Crippen molar-refractivity contribution in [1.82, 2.24) is 9.66 Å². The fourth-order valence-electron chi connectivity index (χ4n) is 4.09. The monoisotopic (exact) mass is 563 g/mol. The van der Waals surface area contributed by atoms with Crippen LogP contribution in [-0.2, 0) is 12.8 Å². The highest BCUT2D eigenvalue weighted by atomic mass is 35.5. The first kappa shape index (κ1) is 27.0. The molecular formula is C30H21ClF3N3O3. The Morgan fingerprint density at radius 3 is 2.50 bits per heavy atom. The van der Waals surface area contributed by atoms with Gasteiger partial charge in [0.05, 0.1) is 29.8 Å². The maximum Gasteiger partial charge on any atom is 0.416 e. The maximum absolute atomic E-state index is 13.5. The third-order valence-electron chi connectivity index (χ3n) is 6.07. The van der Waals surface area contributed by atoms with Crippen molar-refractivity contribution < 1.29 is 22.6 Å². The van der Waals surface area contributed by atoms with E-state index in [0.717, 1.165) is 22.4 Å². The van der Waals surface area contributed by atoms with E-state index in [-0.39, 0.29) is 23.4 Å². The number of benzene rings is 4. The quantitative estimate of drug-likeness (QED) is 0.196. The molecule has 0 aliphatic rings. The smallest absolute Gasteiger partial charge is 0.416 e. The standard InChI is InChI=1S/C30H21ClF3N3O3/c1-39-26-15-7-10-20(27(26)40-18-21-8-2-4-13-24(21)31)17-35-37-28(19-9-6-11-22(16-19)30(32,33)34)36-25-14-5-3-12-23(25)29(37)38/h2-17H,18H2,1H3. The molecule has 6 nitrogen and oxygen atoms in total. The molecule has 0 aliphatic carbocycles. The minimum absolute atomic E-state index is 0.0486. The van der Waals surface area contributed by atoms with Crippen molar-refractivity contribution in [3.05, 3.63) is 123 Å². The highest BCUT2D eigenvalue weighted by molar-refractivity contribution is 6.31. The van der Waals surface area contributed by atoms with Gasteiger partial charge >= 0.3 is 6.18 Å². The molecule has 0 fully saturated rings. The number of hydrogen-bond donors (Lipinski definition) is 0. The SMILES string of the molecule is COc1cccc(C=Nn2c(-c3cccc(C(F)(F)F)c3)nc3ccccc3c2=O)c1OCc1ccccc1Cl. The van der Waals surface area contributed by atoms with Gasteiger partial charge in [0.15, 0.2) is 17.3 Å². The van der Waals surface area contributed by atoms with Gasteiger partial charge in [0, 0.05) is 21.7 Å². The zero-order valence-electron chi connectivity index (χ0n) is 21.0. The summed E-state index contributed by atoms with van der Waals surface area (Å²) in [6.45, 7) is 0.133. The molecule has 40 heavy (non-hydrogen) atoms. The third-order valence-corrected chi connectivity index (χ3v) is 6.44. The van der Waals surface area contributed by atoms with E-state index in [1.165, 1.54) is 25.5 Å². The minimum atomic E-state index is -4.57. The average molecular weight is 564 g/mol. The van der Waals surface area contributed by atoms with E-state index in [2.05, 4.69) is 10.1 Å². The summed E-state index contributed by atoms with van der Waals surface area (Å²) < 4.78 is 52.9. The van der Waals surface area contributed by atoms with Crippen LogP contribution >= 0.6 is 11.6 Å². The van der Waals surface area contributed by atoms with Crippen LogP contribution in [0.1, 0.15) is 16.7 Å². The van der Waals surface area contributed by atoms with E-state index in [0.29, 0.717) is 27.6 Å². The lowest BCUT2D eigenvalue weighted by Gasteiger charge is -2.14. The molecule has 0 amide bonds. The van der Waals surface area contributed by atoms with Crippen molar-refractivity contribution in [2.75, 3.05) is 7.11 Å². The summed E-state index contributed by atoms with van der Waals surface area (Å²) in [6, 6.07) is 23.5. The molecule has 4 aromatic carbocycles. The molecule has 0 aliphatic heterocycles. The summed E-state index contributed by atoms with van der Waals surface area (Å²) in [7, 11) is 1.49. The molecule has 0 radical (unpaired) electrons. The number of methoxy groups -OCH3 is 1. The van der Waals surface area contributed by atoms with Crippen LogP contribution in [0.4, 0.5) is 13.2 Å². The van der Waals surface area contributed by atoms with Crippen molar-refractivity contribution in [1.29, 1.82) is 0 Å². The van der Waals surface area contributed by atoms with Crippen LogP contribution in [-0.4, -0.2) is 23.0 Å². The summed E-state index contributed by atoms with van der Waals surface area (Å²) in [5.74, 6) is 0.710. The number of rotatable bonds is 7. The molecule has 0 atom stereocenters. The lowest BCUT2D eigenvalue weighted by molar-refractivity contribution is -0.137. The van der Waals surface area contributed by atoms with Gasteiger partial charge in [-0.2, -0.15) is 22.9 Å². The highest BCUT2D eigenvalue weighted by Crippen LogP contribution is 2.33. The van der Waals surface area contributed by atoms with Crippen LogP contribution in [0.3, 0.4) is 0 Å². The molecule has 1 aromatic heterocycles. The third kappa shape index (κ3) is 5.55. The van der Waals surface area contributed by atoms with Crippen LogP contribution in [0.5, 0.6) is 11.5 Å². The lowest BCUT2D eigenvalue weighted by Crippen LogP contribution is -2.20. The number of hydrogen-bond acceptors (Lipinski definition) is 5. The molecule has 0 N–H and O–H groups in total. The van der Waals surface area contributed by atoms with E-state index in [1.54, 1.807) is 48.5 Å². The first-order valence-corrected chi connectivity index (χ1v) is 12.4. The molecular weight excluding hydrogens is 543 g/mol. The van der Waals surface area contributed by atoms with Crippen LogP contribution in [0.2, 0.25) is 5.02 Å². The summed E-state index contributed by atoms with van der Waals surface area (Å²) in [5.41, 5.74) is 0.204. The molecule has 0 saturated carbocycles. The average Bonchev–Trinajstić information content (AvgIpc) is 2.96. The molecule has 0 unspecified atom stereocenters. The van der Waals surface area contributed by atoms with Gasteiger partial charge in [-0.3, -0.25) is 4.79 Å². The first-order valence-electron chi connectivity index (χ1n) is 12.0. The largest absolute Gasteiger partial charge is 0.493 e. The van der Waals surface area contributed by atoms with E-state index in [9.17, 15) is 18.0 Å². The Morgan fingerprint density at radius 2 is 1.73 bits per heavy atom. The summed E-state index contributed by atoms with van der Waals surface area (Å²) in [4.78, 5) is 18.0. The summed E-state index contributed by atoms with van der Waals surface area (Å²) >= 11 is 6.27. The number of aromatic nitrogens is 2. The van der Waals surface area contributed by atoms with E-state index in [4.69, 9.17) is 21.1 Å². The molecule has 5 rings (SSSR count). The topological polar surface area (TPSA) is 65.7 Å². The summed E-state index contributed by atoms with van der Waals surface area (Å²) in [5, 5.41) is 5.17. The van der Waals surface area contributed by atoms with Gasteiger partial charge < -0.3 is 9.47 Å². The molecule has 202 valence electrons. The van der Waals surface area contributed by atoms with Crippen LogP contribution in [0.15, 0.2) is 101 Å². The molecule has 0 bridgehead atoms. The maximum atomic E-state index is 13.5. The Morgan fingerprint density at radius 1 is 0.975 bits per heavy atom. The van der Waals surface area contributed by atoms with Gasteiger partial charge in [-0.25, -0.2) is 4.98 Å². The predicted molar refractivity (Wildman–Crippen MR) is 148 cm³/mol. The van der Waals surface area contributed by atoms with Crippen LogP contribution in [0, 0.1) is 0 Å². The van der Waals surface area contributed by atoms with Crippen LogP contribution in [0.25, 0.3) is 22.3 Å². The molecule has 0 spiro atoms. The van der Waals surface area contributed by atoms with E-state index in [1.807, 2.05) is 18.2 Å². The Hall–Kier alpha value is -4.63. The Labute approximate surface area is 231 Å². The number of ether oxygens (including phenoxy) is 2. The van der Waals surface area contributed by atoms with E-state index < -0.39 is 17.3 Å². The van der Waals surface area contributed by atoms with Crippen molar-refractivity contribution in [3.63, 3.8) is 0 Å². The van der Waals surface area contributed by atoms with Gasteiger partial charge in [0.25, 0.3) is 5.56 Å². The van der Waals surface area contributed by atoms with Gasteiger partial charge in [-0.05, 0) is 42.5 Å². The fraction of sp³-hybridized carbons (Fsp3) is 0.100. The number of alkyl halides is 3. The van der Waals surface area contributed by atoms with Crippen molar-refractivity contribution in [3.8, 4) is 22.9 Å². The second kappa shape index (κ2) is 11.2. The van der Waals surface area contributed by atoms with Crippen molar-refractivity contribution >= 4 is 28.7 Å². The van der Waals surface area contributed by atoms with E-state index >= 15 is 0 Å². The Bertz CT molecular complexity index is 1780. The Balaban J connectivity index is 1.62. The summed E-state index contributed by atoms with van der Waals surface area (Å²) in [6.07, 6.45) is -3.20.